The number of benzene rings is 1. The fourth-order valence-electron chi connectivity index (χ4n) is 2.76. The van der Waals surface area contributed by atoms with Gasteiger partial charge in [0.1, 0.15) is 0 Å². The molecule has 0 radical (unpaired) electrons. The first-order chi connectivity index (χ1) is 9.78. The summed E-state index contributed by atoms with van der Waals surface area (Å²) in [6, 6.07) is 9.67. The molecule has 1 N–H and O–H groups in total. The largest absolute Gasteiger partial charge is 0.353 e. The summed E-state index contributed by atoms with van der Waals surface area (Å²) in [7, 11) is 0. The SMILES string of the molecule is N#Cc1ccc(CC(=O)NC2CCCCCCC2)cc1. The van der Waals surface area contributed by atoms with Gasteiger partial charge in [-0.2, -0.15) is 5.26 Å². The Kier molecular flexibility index (Phi) is 5.61. The molecule has 0 aliphatic heterocycles. The van der Waals surface area contributed by atoms with Gasteiger partial charge in [-0.15, -0.1) is 0 Å². The summed E-state index contributed by atoms with van der Waals surface area (Å²) >= 11 is 0. The number of hydrogen-bond acceptors (Lipinski definition) is 2. The van der Waals surface area contributed by atoms with Crippen molar-refractivity contribution in [3.63, 3.8) is 0 Å². The first kappa shape index (κ1) is 14.6. The van der Waals surface area contributed by atoms with Crippen molar-refractivity contribution >= 4 is 5.91 Å². The Balaban J connectivity index is 1.82. The maximum absolute atomic E-state index is 12.1. The molecule has 0 heterocycles. The Hall–Kier alpha value is -1.82. The van der Waals surface area contributed by atoms with E-state index in [1.165, 1.54) is 32.1 Å². The molecule has 0 spiro atoms. The fourth-order valence-corrected chi connectivity index (χ4v) is 2.76. The third-order valence-electron chi connectivity index (χ3n) is 3.92. The van der Waals surface area contributed by atoms with Crippen molar-refractivity contribution in [1.29, 1.82) is 5.26 Å². The highest BCUT2D eigenvalue weighted by Crippen LogP contribution is 2.17. The van der Waals surface area contributed by atoms with E-state index < -0.39 is 0 Å². The van der Waals surface area contributed by atoms with Gasteiger partial charge in [-0.05, 0) is 30.5 Å². The molecule has 3 heteroatoms. The molecule has 0 aromatic heterocycles. The molecule has 1 fully saturated rings. The highest BCUT2D eigenvalue weighted by molar-refractivity contribution is 5.78. The second-order valence-corrected chi connectivity index (χ2v) is 5.60. The summed E-state index contributed by atoms with van der Waals surface area (Å²) < 4.78 is 0. The number of nitrogens with one attached hydrogen (secondary N) is 1. The maximum Gasteiger partial charge on any atom is 0.224 e. The van der Waals surface area contributed by atoms with E-state index in [4.69, 9.17) is 5.26 Å². The molecule has 1 amide bonds. The Labute approximate surface area is 121 Å². The summed E-state index contributed by atoms with van der Waals surface area (Å²) in [4.78, 5) is 12.1. The second kappa shape index (κ2) is 7.69. The van der Waals surface area contributed by atoms with E-state index in [9.17, 15) is 4.79 Å². The van der Waals surface area contributed by atoms with Gasteiger partial charge in [-0.25, -0.2) is 0 Å². The van der Waals surface area contributed by atoms with E-state index >= 15 is 0 Å². The fraction of sp³-hybridized carbons (Fsp3) is 0.529. The molecule has 0 unspecified atom stereocenters. The van der Waals surface area contributed by atoms with E-state index in [0.717, 1.165) is 18.4 Å². The summed E-state index contributed by atoms with van der Waals surface area (Å²) in [6.45, 7) is 0. The second-order valence-electron chi connectivity index (χ2n) is 5.60. The van der Waals surface area contributed by atoms with Crippen molar-refractivity contribution < 1.29 is 4.79 Å². The van der Waals surface area contributed by atoms with Gasteiger partial charge in [-0.1, -0.05) is 44.2 Å². The van der Waals surface area contributed by atoms with Crippen LogP contribution in [0.2, 0.25) is 0 Å². The number of carbonyl (C=O) groups is 1. The van der Waals surface area contributed by atoms with Gasteiger partial charge < -0.3 is 5.32 Å². The lowest BCUT2D eigenvalue weighted by atomic mass is 9.96. The van der Waals surface area contributed by atoms with Crippen LogP contribution in [0.25, 0.3) is 0 Å². The lowest BCUT2D eigenvalue weighted by Gasteiger charge is -2.21. The smallest absolute Gasteiger partial charge is 0.224 e. The minimum absolute atomic E-state index is 0.0975. The van der Waals surface area contributed by atoms with Crippen LogP contribution in [0, 0.1) is 11.3 Å². The molecule has 0 bridgehead atoms. The van der Waals surface area contributed by atoms with Gasteiger partial charge in [0.15, 0.2) is 0 Å². The van der Waals surface area contributed by atoms with Crippen LogP contribution in [0.3, 0.4) is 0 Å². The van der Waals surface area contributed by atoms with Crippen LogP contribution >= 0.6 is 0 Å². The zero-order chi connectivity index (χ0) is 14.2. The van der Waals surface area contributed by atoms with E-state index in [1.807, 2.05) is 12.1 Å². The van der Waals surface area contributed by atoms with Crippen molar-refractivity contribution in [2.45, 2.75) is 57.4 Å². The van der Waals surface area contributed by atoms with Gasteiger partial charge in [0.05, 0.1) is 18.1 Å². The molecule has 1 aliphatic carbocycles. The normalized spacial score (nSPS) is 16.8. The standard InChI is InChI=1S/C17H22N2O/c18-13-15-10-8-14(9-11-15)12-17(20)19-16-6-4-2-1-3-5-7-16/h8-11,16H,1-7,12H2,(H,19,20). The van der Waals surface area contributed by atoms with E-state index in [0.29, 0.717) is 18.0 Å². The highest BCUT2D eigenvalue weighted by atomic mass is 16.1. The van der Waals surface area contributed by atoms with Gasteiger partial charge in [0.25, 0.3) is 0 Å². The molecule has 1 aromatic carbocycles. The maximum atomic E-state index is 12.1. The molecule has 2 rings (SSSR count). The molecule has 20 heavy (non-hydrogen) atoms. The summed E-state index contributed by atoms with van der Waals surface area (Å²) in [5.74, 6) is 0.0975. The zero-order valence-corrected chi connectivity index (χ0v) is 11.9. The number of nitriles is 1. The Morgan fingerprint density at radius 1 is 1.10 bits per heavy atom. The molecule has 1 aromatic rings. The third-order valence-corrected chi connectivity index (χ3v) is 3.92. The number of carbonyl (C=O) groups excluding carboxylic acids is 1. The predicted molar refractivity (Wildman–Crippen MR) is 79.1 cm³/mol. The lowest BCUT2D eigenvalue weighted by molar-refractivity contribution is -0.121. The highest BCUT2D eigenvalue weighted by Gasteiger charge is 2.14. The van der Waals surface area contributed by atoms with Gasteiger partial charge in [0, 0.05) is 6.04 Å². The van der Waals surface area contributed by atoms with Crippen LogP contribution in [0.15, 0.2) is 24.3 Å². The lowest BCUT2D eigenvalue weighted by Crippen LogP contribution is -2.36. The average molecular weight is 270 g/mol. The molecular formula is C17H22N2O. The average Bonchev–Trinajstić information content (AvgIpc) is 2.42. The summed E-state index contributed by atoms with van der Waals surface area (Å²) in [5.41, 5.74) is 1.60. The predicted octanol–water partition coefficient (Wildman–Crippen LogP) is 3.33. The molecule has 106 valence electrons. The topological polar surface area (TPSA) is 52.9 Å². The van der Waals surface area contributed by atoms with Crippen LogP contribution in [-0.4, -0.2) is 11.9 Å². The number of nitrogens with zero attached hydrogens (tertiary/aromatic N) is 1. The first-order valence-corrected chi connectivity index (χ1v) is 7.56. The molecule has 0 atom stereocenters. The summed E-state index contributed by atoms with van der Waals surface area (Å²) in [5, 5.41) is 11.9. The van der Waals surface area contributed by atoms with Crippen molar-refractivity contribution in [2.75, 3.05) is 0 Å². The minimum Gasteiger partial charge on any atom is -0.353 e. The molecule has 3 nitrogen and oxygen atoms in total. The molecule has 0 saturated heterocycles. The van der Waals surface area contributed by atoms with Crippen molar-refractivity contribution in [3.05, 3.63) is 35.4 Å². The van der Waals surface area contributed by atoms with Crippen LogP contribution in [0.1, 0.15) is 56.1 Å². The van der Waals surface area contributed by atoms with Crippen LogP contribution < -0.4 is 5.32 Å². The third kappa shape index (κ3) is 4.70. The van der Waals surface area contributed by atoms with Gasteiger partial charge >= 0.3 is 0 Å². The molecule has 1 saturated carbocycles. The van der Waals surface area contributed by atoms with Crippen molar-refractivity contribution in [3.8, 4) is 6.07 Å². The Morgan fingerprint density at radius 2 is 1.70 bits per heavy atom. The Bertz CT molecular complexity index is 465. The number of amides is 1. The van der Waals surface area contributed by atoms with Crippen LogP contribution in [0.5, 0.6) is 0 Å². The van der Waals surface area contributed by atoms with Gasteiger partial charge in [0.2, 0.25) is 5.91 Å². The zero-order valence-electron chi connectivity index (χ0n) is 11.9. The monoisotopic (exact) mass is 270 g/mol. The van der Waals surface area contributed by atoms with E-state index in [1.54, 1.807) is 12.1 Å². The van der Waals surface area contributed by atoms with Crippen LogP contribution in [0.4, 0.5) is 0 Å². The van der Waals surface area contributed by atoms with Crippen molar-refractivity contribution in [2.24, 2.45) is 0 Å². The van der Waals surface area contributed by atoms with E-state index in [2.05, 4.69) is 11.4 Å². The minimum atomic E-state index is 0.0975. The number of hydrogen-bond donors (Lipinski definition) is 1. The first-order valence-electron chi connectivity index (χ1n) is 7.56. The summed E-state index contributed by atoms with van der Waals surface area (Å²) in [6.07, 6.45) is 9.00. The Morgan fingerprint density at radius 3 is 2.30 bits per heavy atom. The van der Waals surface area contributed by atoms with Crippen molar-refractivity contribution in [1.82, 2.24) is 5.32 Å². The quantitative estimate of drug-likeness (QED) is 0.916. The van der Waals surface area contributed by atoms with Crippen LogP contribution in [-0.2, 0) is 11.2 Å². The number of rotatable bonds is 3. The molecule has 1 aliphatic rings. The van der Waals surface area contributed by atoms with Gasteiger partial charge in [-0.3, -0.25) is 4.79 Å². The van der Waals surface area contributed by atoms with E-state index in [-0.39, 0.29) is 5.91 Å². The molecular weight excluding hydrogens is 248 g/mol.